The third-order valence-electron chi connectivity index (χ3n) is 4.70. The van der Waals surface area contributed by atoms with Gasteiger partial charge in [-0.25, -0.2) is 0 Å². The zero-order valence-corrected chi connectivity index (χ0v) is 13.0. The fraction of sp³-hybridized carbons (Fsp3) is 0.600. The Morgan fingerprint density at radius 3 is 2.90 bits per heavy atom. The zero-order valence-electron chi connectivity index (χ0n) is 11.4. The predicted octanol–water partition coefficient (Wildman–Crippen LogP) is 4.12. The van der Waals surface area contributed by atoms with Crippen molar-refractivity contribution in [1.82, 2.24) is 4.90 Å². The van der Waals surface area contributed by atoms with E-state index in [0.29, 0.717) is 10.5 Å². The molecule has 0 radical (unpaired) electrons. The van der Waals surface area contributed by atoms with Gasteiger partial charge in [-0.3, -0.25) is 15.0 Å². The highest BCUT2D eigenvalue weighted by Crippen LogP contribution is 2.37. The number of rotatable bonds is 3. The van der Waals surface area contributed by atoms with Crippen molar-refractivity contribution in [2.24, 2.45) is 5.92 Å². The molecule has 1 saturated carbocycles. The standard InChI is InChI=1S/C15H19BrN2O2/c16-13-7-6-11(9-15(13)18(19)20)10-17-8-2-4-12-3-1-5-14(12)17/h6-7,9,12,14H,1-5,8,10H2. The molecule has 1 aliphatic carbocycles. The summed E-state index contributed by atoms with van der Waals surface area (Å²) in [4.78, 5) is 13.2. The van der Waals surface area contributed by atoms with E-state index in [1.165, 1.54) is 32.1 Å². The Morgan fingerprint density at radius 1 is 1.30 bits per heavy atom. The predicted molar refractivity (Wildman–Crippen MR) is 81.6 cm³/mol. The van der Waals surface area contributed by atoms with Gasteiger partial charge < -0.3 is 0 Å². The average Bonchev–Trinajstić information content (AvgIpc) is 2.90. The monoisotopic (exact) mass is 338 g/mol. The maximum atomic E-state index is 11.0. The van der Waals surface area contributed by atoms with Gasteiger partial charge in [0.25, 0.3) is 5.69 Å². The van der Waals surface area contributed by atoms with Gasteiger partial charge in [-0.2, -0.15) is 0 Å². The van der Waals surface area contributed by atoms with Gasteiger partial charge in [0.05, 0.1) is 9.40 Å². The minimum atomic E-state index is -0.317. The second kappa shape index (κ2) is 5.82. The van der Waals surface area contributed by atoms with E-state index < -0.39 is 0 Å². The van der Waals surface area contributed by atoms with Gasteiger partial charge in [0.1, 0.15) is 0 Å². The van der Waals surface area contributed by atoms with Gasteiger partial charge in [0.15, 0.2) is 0 Å². The van der Waals surface area contributed by atoms with E-state index in [1.807, 2.05) is 6.07 Å². The lowest BCUT2D eigenvalue weighted by Crippen LogP contribution is -2.41. The van der Waals surface area contributed by atoms with Crippen molar-refractivity contribution in [3.8, 4) is 0 Å². The Labute approximate surface area is 127 Å². The summed E-state index contributed by atoms with van der Waals surface area (Å²) in [6.45, 7) is 1.97. The number of nitrogens with zero attached hydrogens (tertiary/aromatic N) is 2. The summed E-state index contributed by atoms with van der Waals surface area (Å²) in [5.41, 5.74) is 1.22. The summed E-state index contributed by atoms with van der Waals surface area (Å²) in [6, 6.07) is 6.20. The second-order valence-corrected chi connectivity index (χ2v) is 6.77. The maximum absolute atomic E-state index is 11.0. The molecule has 2 aliphatic rings. The molecule has 2 fully saturated rings. The van der Waals surface area contributed by atoms with Crippen LogP contribution in [0.2, 0.25) is 0 Å². The van der Waals surface area contributed by atoms with E-state index in [1.54, 1.807) is 12.1 Å². The first kappa shape index (κ1) is 14.0. The third kappa shape index (κ3) is 2.74. The average molecular weight is 339 g/mol. The Hall–Kier alpha value is -0.940. The largest absolute Gasteiger partial charge is 0.296 e. The molecular formula is C15H19BrN2O2. The van der Waals surface area contributed by atoms with Crippen molar-refractivity contribution in [3.63, 3.8) is 0 Å². The van der Waals surface area contributed by atoms with Crippen LogP contribution >= 0.6 is 15.9 Å². The lowest BCUT2D eigenvalue weighted by molar-refractivity contribution is -0.385. The number of nitro groups is 1. The molecule has 5 heteroatoms. The van der Waals surface area contributed by atoms with Crippen LogP contribution in [0.15, 0.2) is 22.7 Å². The van der Waals surface area contributed by atoms with Crippen molar-refractivity contribution >= 4 is 21.6 Å². The smallest absolute Gasteiger partial charge is 0.283 e. The molecule has 2 unspecified atom stereocenters. The number of piperidine rings is 1. The summed E-state index contributed by atoms with van der Waals surface area (Å²) >= 11 is 3.25. The number of hydrogen-bond donors (Lipinski definition) is 0. The number of benzene rings is 1. The van der Waals surface area contributed by atoms with Crippen molar-refractivity contribution in [3.05, 3.63) is 38.3 Å². The molecule has 0 bridgehead atoms. The minimum Gasteiger partial charge on any atom is -0.296 e. The first-order valence-corrected chi connectivity index (χ1v) is 8.11. The molecule has 108 valence electrons. The zero-order chi connectivity index (χ0) is 14.1. The van der Waals surface area contributed by atoms with Gasteiger partial charge in [-0.05, 0) is 65.7 Å². The third-order valence-corrected chi connectivity index (χ3v) is 5.37. The molecule has 1 aliphatic heterocycles. The molecule has 0 spiro atoms. The molecule has 1 aromatic rings. The first-order valence-electron chi connectivity index (χ1n) is 7.32. The van der Waals surface area contributed by atoms with Crippen LogP contribution in [-0.2, 0) is 6.54 Å². The second-order valence-electron chi connectivity index (χ2n) is 5.91. The molecule has 20 heavy (non-hydrogen) atoms. The molecule has 3 rings (SSSR count). The number of halogens is 1. The van der Waals surface area contributed by atoms with Crippen LogP contribution in [0.25, 0.3) is 0 Å². The Kier molecular flexibility index (Phi) is 4.08. The summed E-state index contributed by atoms with van der Waals surface area (Å²) < 4.78 is 0.559. The lowest BCUT2D eigenvalue weighted by atomic mass is 9.91. The molecule has 4 nitrogen and oxygen atoms in total. The molecule has 1 saturated heterocycles. The van der Waals surface area contributed by atoms with E-state index in [2.05, 4.69) is 20.8 Å². The van der Waals surface area contributed by atoms with E-state index >= 15 is 0 Å². The molecule has 1 heterocycles. The van der Waals surface area contributed by atoms with E-state index in [9.17, 15) is 10.1 Å². The van der Waals surface area contributed by atoms with E-state index in [0.717, 1.165) is 24.6 Å². The van der Waals surface area contributed by atoms with Crippen LogP contribution in [0.5, 0.6) is 0 Å². The quantitative estimate of drug-likeness (QED) is 0.615. The Balaban J connectivity index is 1.77. The van der Waals surface area contributed by atoms with Gasteiger partial charge in [0.2, 0.25) is 0 Å². The van der Waals surface area contributed by atoms with Crippen LogP contribution in [0.1, 0.15) is 37.7 Å². The molecule has 1 aromatic carbocycles. The SMILES string of the molecule is O=[N+]([O-])c1cc(CN2CCCC3CCCC32)ccc1Br. The minimum absolute atomic E-state index is 0.169. The van der Waals surface area contributed by atoms with Crippen LogP contribution in [0.3, 0.4) is 0 Å². The van der Waals surface area contributed by atoms with Gasteiger partial charge in [0, 0.05) is 18.7 Å². The van der Waals surface area contributed by atoms with Gasteiger partial charge in [-0.15, -0.1) is 0 Å². The van der Waals surface area contributed by atoms with Gasteiger partial charge in [-0.1, -0.05) is 12.5 Å². The number of hydrogen-bond acceptors (Lipinski definition) is 3. The highest BCUT2D eigenvalue weighted by molar-refractivity contribution is 9.10. The highest BCUT2D eigenvalue weighted by Gasteiger charge is 2.34. The van der Waals surface area contributed by atoms with Crippen molar-refractivity contribution in [1.29, 1.82) is 0 Å². The summed E-state index contributed by atoms with van der Waals surface area (Å²) in [6.07, 6.45) is 6.62. The molecule has 0 amide bonds. The van der Waals surface area contributed by atoms with Crippen molar-refractivity contribution in [2.45, 2.75) is 44.7 Å². The normalized spacial score (nSPS) is 26.4. The summed E-state index contributed by atoms with van der Waals surface area (Å²) in [5, 5.41) is 11.0. The van der Waals surface area contributed by atoms with E-state index in [4.69, 9.17) is 0 Å². The molecular weight excluding hydrogens is 320 g/mol. The lowest BCUT2D eigenvalue weighted by Gasteiger charge is -2.37. The van der Waals surface area contributed by atoms with Gasteiger partial charge >= 0.3 is 0 Å². The topological polar surface area (TPSA) is 46.4 Å². The van der Waals surface area contributed by atoms with E-state index in [-0.39, 0.29) is 10.6 Å². The van der Waals surface area contributed by atoms with Crippen molar-refractivity contribution in [2.75, 3.05) is 6.54 Å². The Morgan fingerprint density at radius 2 is 2.10 bits per heavy atom. The summed E-state index contributed by atoms with van der Waals surface area (Å²) in [7, 11) is 0. The van der Waals surface area contributed by atoms with Crippen LogP contribution < -0.4 is 0 Å². The van der Waals surface area contributed by atoms with Crippen LogP contribution in [0, 0.1) is 16.0 Å². The number of nitro benzene ring substituents is 1. The molecule has 0 aromatic heterocycles. The summed E-state index contributed by atoms with van der Waals surface area (Å²) in [5.74, 6) is 0.856. The van der Waals surface area contributed by atoms with Crippen LogP contribution in [-0.4, -0.2) is 22.4 Å². The van der Waals surface area contributed by atoms with Crippen molar-refractivity contribution < 1.29 is 4.92 Å². The van der Waals surface area contributed by atoms with Crippen LogP contribution in [0.4, 0.5) is 5.69 Å². The highest BCUT2D eigenvalue weighted by atomic mass is 79.9. The fourth-order valence-corrected chi connectivity index (χ4v) is 4.18. The molecule has 2 atom stereocenters. The fourth-order valence-electron chi connectivity index (χ4n) is 3.78. The molecule has 0 N–H and O–H groups in total. The number of likely N-dealkylation sites (tertiary alicyclic amines) is 1. The first-order chi connectivity index (χ1) is 9.65. The number of fused-ring (bicyclic) bond motifs is 1. The maximum Gasteiger partial charge on any atom is 0.283 e. The Bertz CT molecular complexity index is 521.